The van der Waals surface area contributed by atoms with Crippen molar-refractivity contribution in [3.8, 4) is 6.07 Å². The molecule has 0 unspecified atom stereocenters. The molecule has 0 radical (unpaired) electrons. The molecule has 0 spiro atoms. The lowest BCUT2D eigenvalue weighted by molar-refractivity contribution is 0.0923. The second kappa shape index (κ2) is 3.92. The van der Waals surface area contributed by atoms with Gasteiger partial charge >= 0.3 is 0 Å². The van der Waals surface area contributed by atoms with Crippen molar-refractivity contribution >= 4 is 5.91 Å². The van der Waals surface area contributed by atoms with Crippen LogP contribution in [-0.4, -0.2) is 21.6 Å². The highest BCUT2D eigenvalue weighted by Gasteiger charge is 2.20. The van der Waals surface area contributed by atoms with Gasteiger partial charge in [0.05, 0.1) is 6.07 Å². The Labute approximate surface area is 85.9 Å². The molecule has 1 heterocycles. The van der Waals surface area contributed by atoms with E-state index in [-0.39, 0.29) is 11.3 Å². The number of rotatable bonds is 2. The minimum Gasteiger partial charge on any atom is -0.333 e. The van der Waals surface area contributed by atoms with Crippen molar-refractivity contribution in [3.63, 3.8) is 0 Å². The third kappa shape index (κ3) is 2.91. The molecule has 0 aliphatic rings. The topological polar surface area (TPSA) is 98.6 Å². The number of H-pyrrole nitrogens is 1. The number of aromatic nitrogens is 2. The fourth-order valence-corrected chi connectivity index (χ4v) is 0.847. The minimum absolute atomic E-state index is 0.0675. The molecular weight excluding hydrogens is 196 g/mol. The van der Waals surface area contributed by atoms with Crippen LogP contribution in [0.1, 0.15) is 24.3 Å². The van der Waals surface area contributed by atoms with Crippen molar-refractivity contribution in [2.75, 3.05) is 0 Å². The zero-order valence-electron chi connectivity index (χ0n) is 8.37. The number of hydrogen-bond acceptors (Lipinski definition) is 4. The van der Waals surface area contributed by atoms with E-state index in [4.69, 9.17) is 5.26 Å². The van der Waals surface area contributed by atoms with E-state index in [2.05, 4.69) is 15.5 Å². The van der Waals surface area contributed by atoms with Gasteiger partial charge in [-0.1, -0.05) is 0 Å². The van der Waals surface area contributed by atoms with Crippen molar-refractivity contribution in [1.82, 2.24) is 15.5 Å². The average molecular weight is 206 g/mol. The molecule has 1 aromatic heterocycles. The van der Waals surface area contributed by atoms with Crippen LogP contribution in [0.3, 0.4) is 0 Å². The Kier molecular flexibility index (Phi) is 2.85. The molecule has 0 saturated heterocycles. The second-order valence-corrected chi connectivity index (χ2v) is 3.50. The monoisotopic (exact) mass is 206 g/mol. The Balaban J connectivity index is 2.84. The molecule has 15 heavy (non-hydrogen) atoms. The maximum atomic E-state index is 11.5. The summed E-state index contributed by atoms with van der Waals surface area (Å²) in [6.45, 7) is 3.13. The highest BCUT2D eigenvalue weighted by atomic mass is 16.2. The van der Waals surface area contributed by atoms with Crippen LogP contribution in [0.4, 0.5) is 0 Å². The number of nitrogens with one attached hydrogen (secondary N) is 2. The predicted octanol–water partition coefficient (Wildman–Crippen LogP) is -0.198. The van der Waals surface area contributed by atoms with Gasteiger partial charge in [-0.15, -0.1) is 0 Å². The Morgan fingerprint density at radius 1 is 1.60 bits per heavy atom. The maximum Gasteiger partial charge on any atom is 0.272 e. The number of hydrogen-bond donors (Lipinski definition) is 2. The van der Waals surface area contributed by atoms with Gasteiger partial charge in [0.1, 0.15) is 11.2 Å². The van der Waals surface area contributed by atoms with E-state index < -0.39 is 11.4 Å². The predicted molar refractivity (Wildman–Crippen MR) is 52.0 cm³/mol. The van der Waals surface area contributed by atoms with Crippen LogP contribution >= 0.6 is 0 Å². The summed E-state index contributed by atoms with van der Waals surface area (Å²) >= 11 is 0. The molecule has 1 amide bonds. The maximum absolute atomic E-state index is 11.5. The lowest BCUT2D eigenvalue weighted by atomic mass is 10.1. The van der Waals surface area contributed by atoms with E-state index in [0.717, 1.165) is 0 Å². The first-order valence-electron chi connectivity index (χ1n) is 4.24. The van der Waals surface area contributed by atoms with Crippen LogP contribution in [0.15, 0.2) is 16.9 Å². The number of carbonyl (C=O) groups is 1. The number of nitriles is 1. The van der Waals surface area contributed by atoms with Crippen LogP contribution in [0.2, 0.25) is 0 Å². The van der Waals surface area contributed by atoms with E-state index in [9.17, 15) is 9.59 Å². The van der Waals surface area contributed by atoms with Gasteiger partial charge in [-0.25, -0.2) is 5.10 Å². The summed E-state index contributed by atoms with van der Waals surface area (Å²) in [4.78, 5) is 22.2. The van der Waals surface area contributed by atoms with Gasteiger partial charge in [0, 0.05) is 6.07 Å². The lowest BCUT2D eigenvalue weighted by Crippen LogP contribution is -2.42. The molecule has 0 bridgehead atoms. The van der Waals surface area contributed by atoms with E-state index >= 15 is 0 Å². The molecule has 6 heteroatoms. The molecule has 0 atom stereocenters. The van der Waals surface area contributed by atoms with Crippen molar-refractivity contribution in [3.05, 3.63) is 28.2 Å². The first-order valence-corrected chi connectivity index (χ1v) is 4.24. The Bertz CT molecular complexity index is 449. The fraction of sp³-hybridized carbons (Fsp3) is 0.333. The number of amides is 1. The molecule has 2 N–H and O–H groups in total. The number of nitrogens with zero attached hydrogens (tertiary/aromatic N) is 2. The molecule has 0 saturated carbocycles. The zero-order valence-corrected chi connectivity index (χ0v) is 8.37. The molecule has 1 rings (SSSR count). The van der Waals surface area contributed by atoms with Gasteiger partial charge in [-0.2, -0.15) is 10.4 Å². The third-order valence-electron chi connectivity index (χ3n) is 1.62. The quantitative estimate of drug-likeness (QED) is 0.700. The van der Waals surface area contributed by atoms with Gasteiger partial charge in [0.2, 0.25) is 0 Å². The smallest absolute Gasteiger partial charge is 0.272 e. The van der Waals surface area contributed by atoms with Crippen molar-refractivity contribution in [1.29, 1.82) is 5.26 Å². The normalized spacial score (nSPS) is 10.5. The summed E-state index contributed by atoms with van der Waals surface area (Å²) in [6, 6.07) is 4.41. The Morgan fingerprint density at radius 3 is 2.73 bits per heavy atom. The van der Waals surface area contributed by atoms with Crippen molar-refractivity contribution in [2.24, 2.45) is 0 Å². The molecule has 0 aliphatic carbocycles. The zero-order chi connectivity index (χ0) is 11.5. The molecular formula is C9H10N4O2. The average Bonchev–Trinajstić information content (AvgIpc) is 2.18. The van der Waals surface area contributed by atoms with Gasteiger partial charge in [0.15, 0.2) is 0 Å². The highest BCUT2D eigenvalue weighted by molar-refractivity contribution is 5.92. The van der Waals surface area contributed by atoms with Gasteiger partial charge in [-0.3, -0.25) is 9.59 Å². The number of carbonyl (C=O) groups excluding carboxylic acids is 1. The molecule has 1 aromatic rings. The van der Waals surface area contributed by atoms with Crippen LogP contribution in [0.25, 0.3) is 0 Å². The SMILES string of the molecule is CC(C)(C#N)NC(=O)c1ccc(=O)[nH]n1. The van der Waals surface area contributed by atoms with Crippen LogP contribution in [-0.2, 0) is 0 Å². The van der Waals surface area contributed by atoms with Crippen LogP contribution in [0, 0.1) is 11.3 Å². The van der Waals surface area contributed by atoms with Gasteiger partial charge < -0.3 is 5.32 Å². The minimum atomic E-state index is -0.963. The Hall–Kier alpha value is -2.16. The molecule has 78 valence electrons. The molecule has 0 aromatic carbocycles. The van der Waals surface area contributed by atoms with Crippen LogP contribution in [0.5, 0.6) is 0 Å². The first kappa shape index (κ1) is 10.9. The summed E-state index contributed by atoms with van der Waals surface area (Å²) in [7, 11) is 0. The van der Waals surface area contributed by atoms with Gasteiger partial charge in [-0.05, 0) is 19.9 Å². The second-order valence-electron chi connectivity index (χ2n) is 3.50. The molecule has 0 fully saturated rings. The van der Waals surface area contributed by atoms with E-state index in [0.29, 0.717) is 0 Å². The summed E-state index contributed by atoms with van der Waals surface area (Å²) in [5.41, 5.74) is -1.28. The largest absolute Gasteiger partial charge is 0.333 e. The summed E-state index contributed by atoms with van der Waals surface area (Å²) < 4.78 is 0. The van der Waals surface area contributed by atoms with Crippen molar-refractivity contribution < 1.29 is 4.79 Å². The van der Waals surface area contributed by atoms with E-state index in [1.165, 1.54) is 12.1 Å². The standard InChI is InChI=1S/C9H10N4O2/c1-9(2,5-10)11-8(15)6-3-4-7(14)13-12-6/h3-4H,1-2H3,(H,11,15)(H,13,14). The Morgan fingerprint density at radius 2 is 2.27 bits per heavy atom. The van der Waals surface area contributed by atoms with Gasteiger partial charge in [0.25, 0.3) is 11.5 Å². The molecule has 6 nitrogen and oxygen atoms in total. The third-order valence-corrected chi connectivity index (χ3v) is 1.62. The summed E-state index contributed by atoms with van der Waals surface area (Å²) in [5.74, 6) is -0.502. The number of aromatic amines is 1. The fourth-order valence-electron chi connectivity index (χ4n) is 0.847. The lowest BCUT2D eigenvalue weighted by Gasteiger charge is -2.16. The van der Waals surface area contributed by atoms with Crippen molar-refractivity contribution in [2.45, 2.75) is 19.4 Å². The van der Waals surface area contributed by atoms with E-state index in [1.807, 2.05) is 6.07 Å². The highest BCUT2D eigenvalue weighted by Crippen LogP contribution is 2.00. The summed E-state index contributed by atoms with van der Waals surface area (Å²) in [6.07, 6.45) is 0. The molecule has 0 aliphatic heterocycles. The van der Waals surface area contributed by atoms with E-state index in [1.54, 1.807) is 13.8 Å². The first-order chi connectivity index (χ1) is 6.94. The van der Waals surface area contributed by atoms with Crippen LogP contribution < -0.4 is 10.9 Å². The summed E-state index contributed by atoms with van der Waals surface area (Å²) in [5, 5.41) is 16.8.